The van der Waals surface area contributed by atoms with E-state index in [4.69, 9.17) is 5.11 Å². The van der Waals surface area contributed by atoms with E-state index in [9.17, 15) is 14.9 Å². The van der Waals surface area contributed by atoms with Crippen LogP contribution in [0.1, 0.15) is 0 Å². The first-order valence-electron chi connectivity index (χ1n) is 5.20. The van der Waals surface area contributed by atoms with Crippen molar-refractivity contribution in [2.24, 2.45) is 0 Å². The molecule has 2 rings (SSSR count). The van der Waals surface area contributed by atoms with Gasteiger partial charge in [-0.25, -0.2) is 4.98 Å². The van der Waals surface area contributed by atoms with Crippen molar-refractivity contribution in [1.82, 2.24) is 9.97 Å². The van der Waals surface area contributed by atoms with E-state index in [-0.39, 0.29) is 11.4 Å². The fourth-order valence-corrected chi connectivity index (χ4v) is 1.99. The Morgan fingerprint density at radius 1 is 1.42 bits per heavy atom. The van der Waals surface area contributed by atoms with Gasteiger partial charge in [0.05, 0.1) is 22.6 Å². The lowest BCUT2D eigenvalue weighted by atomic mass is 10.1. The average Bonchev–Trinajstić information content (AvgIpc) is 2.85. The zero-order valence-corrected chi connectivity index (χ0v) is 10.4. The van der Waals surface area contributed by atoms with Gasteiger partial charge in [0.1, 0.15) is 0 Å². The lowest BCUT2D eigenvalue weighted by Gasteiger charge is -1.97. The monoisotopic (exact) mass is 279 g/mol. The number of nitrogens with zero attached hydrogens (tertiary/aromatic N) is 2. The fourth-order valence-electron chi connectivity index (χ4n) is 1.42. The third kappa shape index (κ3) is 3.32. The molecular formula is C11H9N3O4S. The molecule has 1 aromatic carbocycles. The molecule has 8 heteroatoms. The Hall–Kier alpha value is -2.35. The molecule has 0 atom stereocenters. The molecule has 0 fully saturated rings. The molecule has 0 bridgehead atoms. The van der Waals surface area contributed by atoms with Gasteiger partial charge in [0, 0.05) is 17.7 Å². The molecule has 0 aliphatic carbocycles. The van der Waals surface area contributed by atoms with Gasteiger partial charge < -0.3 is 10.1 Å². The summed E-state index contributed by atoms with van der Waals surface area (Å²) in [5, 5.41) is 19.6. The van der Waals surface area contributed by atoms with Crippen LogP contribution in [0.3, 0.4) is 0 Å². The van der Waals surface area contributed by atoms with Crippen molar-refractivity contribution in [2.45, 2.75) is 5.16 Å². The number of non-ortho nitro benzene ring substituents is 1. The number of H-pyrrole nitrogens is 1. The van der Waals surface area contributed by atoms with Crippen LogP contribution in [0.15, 0.2) is 35.6 Å². The molecule has 2 aromatic rings. The van der Waals surface area contributed by atoms with Gasteiger partial charge >= 0.3 is 5.97 Å². The smallest absolute Gasteiger partial charge is 0.313 e. The molecule has 0 amide bonds. The number of carboxylic acid groups (broad SMARTS) is 1. The van der Waals surface area contributed by atoms with Gasteiger partial charge in [0.15, 0.2) is 5.16 Å². The van der Waals surface area contributed by atoms with E-state index < -0.39 is 10.9 Å². The second-order valence-corrected chi connectivity index (χ2v) is 4.55. The number of benzene rings is 1. The number of aromatic amines is 1. The summed E-state index contributed by atoms with van der Waals surface area (Å²) in [7, 11) is 0. The number of rotatable bonds is 5. The fraction of sp³-hybridized carbons (Fsp3) is 0.0909. The highest BCUT2D eigenvalue weighted by atomic mass is 32.2. The second-order valence-electron chi connectivity index (χ2n) is 3.59. The van der Waals surface area contributed by atoms with Crippen LogP contribution < -0.4 is 0 Å². The van der Waals surface area contributed by atoms with Crippen molar-refractivity contribution >= 4 is 23.4 Å². The van der Waals surface area contributed by atoms with Crippen LogP contribution in [0.2, 0.25) is 0 Å². The van der Waals surface area contributed by atoms with E-state index in [0.29, 0.717) is 10.9 Å². The first-order valence-corrected chi connectivity index (χ1v) is 6.19. The lowest BCUT2D eigenvalue weighted by molar-refractivity contribution is -0.384. The predicted octanol–water partition coefficient (Wildman–Crippen LogP) is 2.16. The van der Waals surface area contributed by atoms with Gasteiger partial charge in [0.2, 0.25) is 0 Å². The summed E-state index contributed by atoms with van der Waals surface area (Å²) < 4.78 is 0. The molecule has 1 heterocycles. The van der Waals surface area contributed by atoms with Gasteiger partial charge in [-0.2, -0.15) is 0 Å². The Kier molecular flexibility index (Phi) is 3.81. The van der Waals surface area contributed by atoms with E-state index in [1.165, 1.54) is 12.1 Å². The summed E-state index contributed by atoms with van der Waals surface area (Å²) in [6.45, 7) is 0. The molecule has 1 aromatic heterocycles. The van der Waals surface area contributed by atoms with Crippen LogP contribution in [-0.2, 0) is 4.79 Å². The molecule has 19 heavy (non-hydrogen) atoms. The molecule has 0 aliphatic rings. The normalized spacial score (nSPS) is 10.3. The van der Waals surface area contributed by atoms with Gasteiger partial charge in [-0.15, -0.1) is 0 Å². The molecule has 0 aliphatic heterocycles. The minimum absolute atomic E-state index is 0.0174. The number of carboxylic acids is 1. The number of imidazole rings is 1. The first-order chi connectivity index (χ1) is 9.06. The Morgan fingerprint density at radius 3 is 2.68 bits per heavy atom. The van der Waals surface area contributed by atoms with Crippen molar-refractivity contribution in [3.63, 3.8) is 0 Å². The van der Waals surface area contributed by atoms with Crippen LogP contribution >= 0.6 is 11.8 Å². The topological polar surface area (TPSA) is 109 Å². The first kappa shape index (κ1) is 13.1. The molecule has 0 unspecified atom stereocenters. The average molecular weight is 279 g/mol. The van der Waals surface area contributed by atoms with Crippen LogP contribution in [0, 0.1) is 10.1 Å². The highest BCUT2D eigenvalue weighted by molar-refractivity contribution is 7.99. The van der Waals surface area contributed by atoms with Crippen LogP contribution in [0.4, 0.5) is 5.69 Å². The van der Waals surface area contributed by atoms with Crippen LogP contribution in [0.5, 0.6) is 0 Å². The number of nitro benzene ring substituents is 1. The Bertz CT molecular complexity index is 609. The Balaban J connectivity index is 2.13. The van der Waals surface area contributed by atoms with E-state index in [2.05, 4.69) is 9.97 Å². The maximum Gasteiger partial charge on any atom is 0.313 e. The van der Waals surface area contributed by atoms with Gasteiger partial charge in [-0.05, 0) is 12.1 Å². The second kappa shape index (κ2) is 5.53. The van der Waals surface area contributed by atoms with Crippen molar-refractivity contribution < 1.29 is 14.8 Å². The molecule has 0 saturated heterocycles. The highest BCUT2D eigenvalue weighted by Gasteiger charge is 2.08. The molecular weight excluding hydrogens is 270 g/mol. The molecule has 0 saturated carbocycles. The summed E-state index contributed by atoms with van der Waals surface area (Å²) >= 11 is 1.08. The summed E-state index contributed by atoms with van der Waals surface area (Å²) in [5.41, 5.74) is 1.45. The molecule has 98 valence electrons. The lowest BCUT2D eigenvalue weighted by Crippen LogP contribution is -1.97. The van der Waals surface area contributed by atoms with Crippen molar-refractivity contribution in [3.8, 4) is 11.3 Å². The third-order valence-electron chi connectivity index (χ3n) is 2.27. The number of aliphatic carboxylic acids is 1. The van der Waals surface area contributed by atoms with Gasteiger partial charge in [-0.3, -0.25) is 14.9 Å². The zero-order valence-electron chi connectivity index (χ0n) is 9.57. The van der Waals surface area contributed by atoms with Gasteiger partial charge in [-0.1, -0.05) is 11.8 Å². The summed E-state index contributed by atoms with van der Waals surface area (Å²) in [5.74, 6) is -0.994. The number of hydrogen-bond acceptors (Lipinski definition) is 5. The maximum absolute atomic E-state index is 10.5. The number of carbonyl (C=O) groups is 1. The van der Waals surface area contributed by atoms with E-state index in [1.54, 1.807) is 18.3 Å². The molecule has 0 radical (unpaired) electrons. The number of aromatic nitrogens is 2. The number of nitrogens with one attached hydrogen (secondary N) is 1. The van der Waals surface area contributed by atoms with E-state index in [1.807, 2.05) is 0 Å². The third-order valence-corrected chi connectivity index (χ3v) is 3.15. The zero-order chi connectivity index (χ0) is 13.8. The minimum atomic E-state index is -0.918. The SMILES string of the molecule is O=C(O)CSc1ncc(-c2ccc([N+](=O)[O-])cc2)[nH]1. The number of hydrogen-bond donors (Lipinski definition) is 2. The summed E-state index contributed by atoms with van der Waals surface area (Å²) in [6.07, 6.45) is 1.56. The largest absolute Gasteiger partial charge is 0.481 e. The Labute approximate surface area is 111 Å². The van der Waals surface area contributed by atoms with E-state index >= 15 is 0 Å². The van der Waals surface area contributed by atoms with Gasteiger partial charge in [0.25, 0.3) is 5.69 Å². The number of nitro groups is 1. The Morgan fingerprint density at radius 2 is 2.11 bits per heavy atom. The maximum atomic E-state index is 10.5. The molecule has 0 spiro atoms. The van der Waals surface area contributed by atoms with Crippen LogP contribution in [-0.4, -0.2) is 31.7 Å². The molecule has 7 nitrogen and oxygen atoms in total. The van der Waals surface area contributed by atoms with Crippen molar-refractivity contribution in [1.29, 1.82) is 0 Å². The van der Waals surface area contributed by atoms with E-state index in [0.717, 1.165) is 17.3 Å². The summed E-state index contributed by atoms with van der Waals surface area (Å²) in [6, 6.07) is 6.02. The van der Waals surface area contributed by atoms with Crippen molar-refractivity contribution in [2.75, 3.05) is 5.75 Å². The van der Waals surface area contributed by atoms with Crippen molar-refractivity contribution in [3.05, 3.63) is 40.6 Å². The number of thioether (sulfide) groups is 1. The quantitative estimate of drug-likeness (QED) is 0.493. The van der Waals surface area contributed by atoms with Crippen LogP contribution in [0.25, 0.3) is 11.3 Å². The standard InChI is InChI=1S/C11H9N3O4S/c15-10(16)6-19-11-12-5-9(13-11)7-1-3-8(4-2-7)14(17)18/h1-5H,6H2,(H,12,13)(H,15,16). The highest BCUT2D eigenvalue weighted by Crippen LogP contribution is 2.23. The summed E-state index contributed by atoms with van der Waals surface area (Å²) in [4.78, 5) is 27.5. The predicted molar refractivity (Wildman–Crippen MR) is 69.0 cm³/mol. The molecule has 2 N–H and O–H groups in total. The minimum Gasteiger partial charge on any atom is -0.481 e.